The van der Waals surface area contributed by atoms with Crippen molar-refractivity contribution < 1.29 is 8.42 Å². The minimum absolute atomic E-state index is 0.0560. The van der Waals surface area contributed by atoms with E-state index in [-0.39, 0.29) is 6.04 Å². The summed E-state index contributed by atoms with van der Waals surface area (Å²) in [4.78, 5) is 0. The van der Waals surface area contributed by atoms with Crippen LogP contribution < -0.4 is 0 Å². The highest BCUT2D eigenvalue weighted by Crippen LogP contribution is 2.28. The Balaban J connectivity index is 1.50. The molecule has 0 N–H and O–H groups in total. The van der Waals surface area contributed by atoms with E-state index in [1.165, 1.54) is 19.1 Å². The molecule has 148 valence electrons. The number of rotatable bonds is 4. The third kappa shape index (κ3) is 4.45. The Morgan fingerprint density at radius 1 is 1.21 bits per heavy atom. The van der Waals surface area contributed by atoms with Gasteiger partial charge in [0.25, 0.3) is 0 Å². The Bertz CT molecular complexity index is 1030. The van der Waals surface area contributed by atoms with Crippen molar-refractivity contribution in [2.24, 2.45) is 5.92 Å². The second kappa shape index (κ2) is 7.69. The van der Waals surface area contributed by atoms with Crippen LogP contribution in [0, 0.1) is 24.7 Å². The van der Waals surface area contributed by atoms with E-state index in [2.05, 4.69) is 35.1 Å². The van der Waals surface area contributed by atoms with Crippen molar-refractivity contribution in [2.75, 3.05) is 12.8 Å². The van der Waals surface area contributed by atoms with Gasteiger partial charge in [0.05, 0.1) is 19.0 Å². The summed E-state index contributed by atoms with van der Waals surface area (Å²) in [5.41, 5.74) is 3.99. The summed E-state index contributed by atoms with van der Waals surface area (Å²) in [5, 5.41) is 8.57. The van der Waals surface area contributed by atoms with E-state index in [0.717, 1.165) is 41.6 Å². The average Bonchev–Trinajstić information content (AvgIpc) is 3.37. The lowest BCUT2D eigenvalue weighted by Crippen LogP contribution is -2.45. The quantitative estimate of drug-likeness (QED) is 0.743. The van der Waals surface area contributed by atoms with E-state index in [1.807, 2.05) is 18.3 Å². The van der Waals surface area contributed by atoms with Crippen molar-refractivity contribution in [1.82, 2.24) is 19.3 Å². The van der Waals surface area contributed by atoms with Gasteiger partial charge in [-0.2, -0.15) is 4.31 Å². The van der Waals surface area contributed by atoms with Gasteiger partial charge in [0.2, 0.25) is 10.0 Å². The minimum atomic E-state index is -3.20. The van der Waals surface area contributed by atoms with Gasteiger partial charge in [0.1, 0.15) is 5.69 Å². The van der Waals surface area contributed by atoms with Crippen LogP contribution in [0.1, 0.15) is 43.2 Å². The summed E-state index contributed by atoms with van der Waals surface area (Å²) in [6.07, 6.45) is 8.47. The Hall–Kier alpha value is -2.17. The lowest BCUT2D eigenvalue weighted by Gasteiger charge is -2.33. The van der Waals surface area contributed by atoms with Gasteiger partial charge in [-0.25, -0.2) is 8.42 Å². The van der Waals surface area contributed by atoms with Crippen molar-refractivity contribution in [2.45, 2.75) is 51.6 Å². The lowest BCUT2D eigenvalue weighted by molar-refractivity contribution is 0.224. The number of benzene rings is 1. The lowest BCUT2D eigenvalue weighted by atomic mass is 10.0. The highest BCUT2D eigenvalue weighted by atomic mass is 32.2. The van der Waals surface area contributed by atoms with E-state index in [0.29, 0.717) is 19.0 Å². The van der Waals surface area contributed by atoms with Gasteiger partial charge in [-0.15, -0.1) is 5.10 Å². The molecule has 4 rings (SSSR count). The maximum Gasteiger partial charge on any atom is 0.211 e. The molecule has 0 bridgehead atoms. The number of aryl methyl sites for hydroxylation is 1. The van der Waals surface area contributed by atoms with Crippen molar-refractivity contribution >= 4 is 10.0 Å². The Labute approximate surface area is 167 Å². The van der Waals surface area contributed by atoms with Crippen molar-refractivity contribution in [1.29, 1.82) is 0 Å². The first-order chi connectivity index (χ1) is 13.4. The van der Waals surface area contributed by atoms with Crippen LogP contribution in [0.25, 0.3) is 11.3 Å². The van der Waals surface area contributed by atoms with Crippen LogP contribution >= 0.6 is 0 Å². The second-order valence-electron chi connectivity index (χ2n) is 7.92. The van der Waals surface area contributed by atoms with Crippen LogP contribution in [-0.4, -0.2) is 46.6 Å². The Morgan fingerprint density at radius 3 is 2.75 bits per heavy atom. The monoisotopic (exact) mass is 398 g/mol. The van der Waals surface area contributed by atoms with Crippen molar-refractivity contribution in [3.63, 3.8) is 0 Å². The van der Waals surface area contributed by atoms with E-state index >= 15 is 0 Å². The number of sulfonamides is 1. The zero-order valence-electron chi connectivity index (χ0n) is 16.4. The predicted molar refractivity (Wildman–Crippen MR) is 109 cm³/mol. The minimum Gasteiger partial charge on any atom is -0.250 e. The molecule has 1 saturated heterocycles. The SMILES string of the molecule is Cc1cc(C#CC2CC2)ccc1-c1cn(C[C@H]2CCCCN2S(C)(=O)=O)nn1. The van der Waals surface area contributed by atoms with Crippen LogP contribution in [0.4, 0.5) is 0 Å². The molecule has 1 saturated carbocycles. The molecule has 1 aliphatic carbocycles. The number of nitrogens with zero attached hydrogens (tertiary/aromatic N) is 4. The largest absolute Gasteiger partial charge is 0.250 e. The van der Waals surface area contributed by atoms with Gasteiger partial charge in [0.15, 0.2) is 0 Å². The molecule has 0 unspecified atom stereocenters. The molecule has 2 heterocycles. The molecule has 2 aromatic rings. The predicted octanol–water partition coefficient (Wildman–Crippen LogP) is 2.83. The van der Waals surface area contributed by atoms with Crippen LogP contribution in [0.2, 0.25) is 0 Å². The molecule has 1 aromatic carbocycles. The van der Waals surface area contributed by atoms with E-state index in [9.17, 15) is 8.42 Å². The molecule has 7 heteroatoms. The van der Waals surface area contributed by atoms with Crippen LogP contribution in [0.15, 0.2) is 24.4 Å². The maximum absolute atomic E-state index is 12.1. The van der Waals surface area contributed by atoms with Crippen molar-refractivity contribution in [3.8, 4) is 23.1 Å². The summed E-state index contributed by atoms with van der Waals surface area (Å²) >= 11 is 0. The Kier molecular flexibility index (Phi) is 5.26. The number of hydrogen-bond acceptors (Lipinski definition) is 4. The fourth-order valence-corrected chi connectivity index (χ4v) is 4.94. The summed E-state index contributed by atoms with van der Waals surface area (Å²) in [5.74, 6) is 7.13. The van der Waals surface area contributed by atoms with Crippen LogP contribution in [0.3, 0.4) is 0 Å². The zero-order valence-corrected chi connectivity index (χ0v) is 17.2. The van der Waals surface area contributed by atoms with E-state index in [4.69, 9.17) is 0 Å². The smallest absolute Gasteiger partial charge is 0.211 e. The topological polar surface area (TPSA) is 68.1 Å². The molecule has 1 aromatic heterocycles. The normalized spacial score (nSPS) is 20.6. The van der Waals surface area contributed by atoms with E-state index < -0.39 is 10.0 Å². The van der Waals surface area contributed by atoms with Crippen LogP contribution in [-0.2, 0) is 16.6 Å². The molecule has 1 atom stereocenters. The molecule has 6 nitrogen and oxygen atoms in total. The van der Waals surface area contributed by atoms with Gasteiger partial charge in [0, 0.05) is 29.6 Å². The number of aromatic nitrogens is 3. The summed E-state index contributed by atoms with van der Waals surface area (Å²) in [6, 6.07) is 6.11. The molecule has 1 aliphatic heterocycles. The fourth-order valence-electron chi connectivity index (χ4n) is 3.76. The molecule has 0 spiro atoms. The van der Waals surface area contributed by atoms with Gasteiger partial charge < -0.3 is 0 Å². The molecule has 2 fully saturated rings. The molecule has 2 aliphatic rings. The number of hydrogen-bond donors (Lipinski definition) is 0. The summed E-state index contributed by atoms with van der Waals surface area (Å²) < 4.78 is 27.5. The summed E-state index contributed by atoms with van der Waals surface area (Å²) in [7, 11) is -3.20. The van der Waals surface area contributed by atoms with Gasteiger partial charge in [-0.05, 0) is 50.3 Å². The third-order valence-electron chi connectivity index (χ3n) is 5.44. The first-order valence-electron chi connectivity index (χ1n) is 9.89. The maximum atomic E-state index is 12.1. The Morgan fingerprint density at radius 2 is 2.04 bits per heavy atom. The second-order valence-corrected chi connectivity index (χ2v) is 9.86. The van der Waals surface area contributed by atoms with Gasteiger partial charge in [-0.1, -0.05) is 29.5 Å². The first-order valence-corrected chi connectivity index (χ1v) is 11.7. The zero-order chi connectivity index (χ0) is 19.7. The molecule has 0 amide bonds. The fraction of sp³-hybridized carbons (Fsp3) is 0.524. The van der Waals surface area contributed by atoms with Gasteiger partial charge >= 0.3 is 0 Å². The molecular formula is C21H26N4O2S. The van der Waals surface area contributed by atoms with Crippen molar-refractivity contribution in [3.05, 3.63) is 35.5 Å². The molecular weight excluding hydrogens is 372 g/mol. The highest BCUT2D eigenvalue weighted by molar-refractivity contribution is 7.88. The number of piperidine rings is 1. The van der Waals surface area contributed by atoms with E-state index in [1.54, 1.807) is 8.99 Å². The molecule has 0 radical (unpaired) electrons. The standard InChI is InChI=1S/C21H26N4O2S/c1-16-13-18(9-8-17-6-7-17)10-11-20(16)21-15-24(23-22-21)14-19-5-3-4-12-25(19)28(2,26)27/h10-11,13,15,17,19H,3-7,12,14H2,1-2H3/t19-/m1/s1. The van der Waals surface area contributed by atoms with Crippen LogP contribution in [0.5, 0.6) is 0 Å². The first kappa shape index (κ1) is 19.2. The third-order valence-corrected chi connectivity index (χ3v) is 6.77. The highest BCUT2D eigenvalue weighted by Gasteiger charge is 2.29. The summed E-state index contributed by atoms with van der Waals surface area (Å²) in [6.45, 7) is 3.18. The average molecular weight is 399 g/mol. The van der Waals surface area contributed by atoms with Gasteiger partial charge in [-0.3, -0.25) is 4.68 Å². The molecule has 28 heavy (non-hydrogen) atoms.